The number of hydrogen-bond acceptors (Lipinski definition) is 1. The molecule has 0 saturated carbocycles. The highest BCUT2D eigenvalue weighted by atomic mass is 16.2. The van der Waals surface area contributed by atoms with Crippen LogP contribution in [0.4, 0.5) is 4.79 Å². The van der Waals surface area contributed by atoms with Crippen LogP contribution in [0.5, 0.6) is 0 Å². The van der Waals surface area contributed by atoms with E-state index in [0.29, 0.717) is 6.04 Å². The Hall–Kier alpha value is -0.730. The number of hydrogen-bond donors (Lipinski definition) is 2. The largest absolute Gasteiger partial charge is 0.338 e. The smallest absolute Gasteiger partial charge is 0.315 e. The van der Waals surface area contributed by atoms with Gasteiger partial charge in [0, 0.05) is 12.6 Å². The van der Waals surface area contributed by atoms with Gasteiger partial charge in [-0.1, -0.05) is 6.92 Å². The van der Waals surface area contributed by atoms with Gasteiger partial charge in [0.2, 0.25) is 0 Å². The van der Waals surface area contributed by atoms with Gasteiger partial charge in [-0.25, -0.2) is 4.79 Å². The first-order valence-corrected chi connectivity index (χ1v) is 3.37. The molecule has 1 fully saturated rings. The van der Waals surface area contributed by atoms with Crippen LogP contribution in [0.3, 0.4) is 0 Å². The van der Waals surface area contributed by atoms with E-state index in [9.17, 15) is 4.79 Å². The summed E-state index contributed by atoms with van der Waals surface area (Å²) in [5.41, 5.74) is 0. The van der Waals surface area contributed by atoms with E-state index in [1.165, 1.54) is 0 Å². The minimum absolute atomic E-state index is 0.0203. The lowest BCUT2D eigenvalue weighted by atomic mass is 10.1. The number of urea groups is 1. The van der Waals surface area contributed by atoms with E-state index < -0.39 is 0 Å². The first-order valence-electron chi connectivity index (χ1n) is 3.37. The third kappa shape index (κ3) is 1.59. The van der Waals surface area contributed by atoms with Crippen molar-refractivity contribution in [2.45, 2.75) is 25.8 Å². The van der Waals surface area contributed by atoms with Crippen molar-refractivity contribution in [3.05, 3.63) is 0 Å². The van der Waals surface area contributed by atoms with E-state index in [1.807, 2.05) is 0 Å². The van der Waals surface area contributed by atoms with Gasteiger partial charge in [-0.15, -0.1) is 0 Å². The van der Waals surface area contributed by atoms with Crippen molar-refractivity contribution >= 4 is 6.03 Å². The van der Waals surface area contributed by atoms with E-state index in [1.54, 1.807) is 0 Å². The predicted octanol–water partition coefficient (Wildman–Crippen LogP) is 0.468. The summed E-state index contributed by atoms with van der Waals surface area (Å²) in [7, 11) is 0. The maximum atomic E-state index is 10.6. The summed E-state index contributed by atoms with van der Waals surface area (Å²) in [5, 5.41) is 5.51. The first-order chi connectivity index (χ1) is 4.33. The van der Waals surface area contributed by atoms with Crippen molar-refractivity contribution in [1.82, 2.24) is 10.6 Å². The fourth-order valence-electron chi connectivity index (χ4n) is 0.975. The lowest BCUT2D eigenvalue weighted by Gasteiger charge is -2.22. The van der Waals surface area contributed by atoms with Crippen LogP contribution in [0, 0.1) is 0 Å². The molecule has 2 amide bonds. The first kappa shape index (κ1) is 6.39. The predicted molar refractivity (Wildman–Crippen MR) is 35.2 cm³/mol. The van der Waals surface area contributed by atoms with E-state index in [4.69, 9.17) is 0 Å². The van der Waals surface area contributed by atoms with E-state index >= 15 is 0 Å². The maximum absolute atomic E-state index is 10.6. The van der Waals surface area contributed by atoms with Crippen LogP contribution in [0.1, 0.15) is 19.8 Å². The molecule has 3 nitrogen and oxygen atoms in total. The van der Waals surface area contributed by atoms with E-state index in [-0.39, 0.29) is 6.03 Å². The molecule has 0 unspecified atom stereocenters. The SMILES string of the molecule is CC[C@H]1CCNC(=O)N1. The number of nitrogens with one attached hydrogen (secondary N) is 2. The molecular weight excluding hydrogens is 116 g/mol. The second-order valence-electron chi connectivity index (χ2n) is 2.29. The molecule has 1 rings (SSSR count). The molecule has 1 heterocycles. The minimum Gasteiger partial charge on any atom is -0.338 e. The van der Waals surface area contributed by atoms with Gasteiger partial charge >= 0.3 is 6.03 Å². The molecule has 1 aliphatic rings. The fraction of sp³-hybridized carbons (Fsp3) is 0.833. The Kier molecular flexibility index (Phi) is 1.92. The molecule has 1 atom stereocenters. The topological polar surface area (TPSA) is 41.1 Å². The highest BCUT2D eigenvalue weighted by molar-refractivity contribution is 5.74. The summed E-state index contributed by atoms with van der Waals surface area (Å²) in [5.74, 6) is 0. The summed E-state index contributed by atoms with van der Waals surface area (Å²) in [6.07, 6.45) is 2.09. The van der Waals surface area contributed by atoms with Gasteiger partial charge in [-0.2, -0.15) is 0 Å². The van der Waals surface area contributed by atoms with Gasteiger partial charge in [0.15, 0.2) is 0 Å². The molecule has 1 saturated heterocycles. The van der Waals surface area contributed by atoms with E-state index in [0.717, 1.165) is 19.4 Å². The monoisotopic (exact) mass is 128 g/mol. The highest BCUT2D eigenvalue weighted by Crippen LogP contribution is 1.99. The summed E-state index contributed by atoms with van der Waals surface area (Å²) >= 11 is 0. The molecule has 0 aromatic heterocycles. The Morgan fingerprint density at radius 1 is 1.78 bits per heavy atom. The van der Waals surface area contributed by atoms with Gasteiger partial charge in [-0.05, 0) is 12.8 Å². The number of rotatable bonds is 1. The maximum Gasteiger partial charge on any atom is 0.315 e. The van der Waals surface area contributed by atoms with Crippen molar-refractivity contribution in [2.24, 2.45) is 0 Å². The second-order valence-corrected chi connectivity index (χ2v) is 2.29. The molecule has 0 aromatic rings. The quantitative estimate of drug-likeness (QED) is 0.529. The van der Waals surface area contributed by atoms with Crippen molar-refractivity contribution in [3.8, 4) is 0 Å². The van der Waals surface area contributed by atoms with Gasteiger partial charge in [-0.3, -0.25) is 0 Å². The average Bonchev–Trinajstić information content (AvgIpc) is 1.88. The number of amides is 2. The molecule has 3 heteroatoms. The lowest BCUT2D eigenvalue weighted by molar-refractivity contribution is 0.228. The van der Waals surface area contributed by atoms with Crippen LogP contribution in [0.2, 0.25) is 0 Å². The van der Waals surface area contributed by atoms with Gasteiger partial charge in [0.05, 0.1) is 0 Å². The minimum atomic E-state index is -0.0203. The summed E-state index contributed by atoms with van der Waals surface area (Å²) in [6.45, 7) is 2.90. The molecule has 0 aromatic carbocycles. The molecule has 0 bridgehead atoms. The molecule has 9 heavy (non-hydrogen) atoms. The number of carbonyl (C=O) groups excluding carboxylic acids is 1. The molecule has 0 radical (unpaired) electrons. The lowest BCUT2D eigenvalue weighted by Crippen LogP contribution is -2.48. The zero-order chi connectivity index (χ0) is 6.69. The van der Waals surface area contributed by atoms with Crippen molar-refractivity contribution in [2.75, 3.05) is 6.54 Å². The zero-order valence-corrected chi connectivity index (χ0v) is 5.61. The van der Waals surface area contributed by atoms with Crippen LogP contribution in [-0.4, -0.2) is 18.6 Å². The Bertz CT molecular complexity index is 114. The summed E-state index contributed by atoms with van der Waals surface area (Å²) in [6, 6.07) is 0.381. The second kappa shape index (κ2) is 2.71. The van der Waals surface area contributed by atoms with Crippen LogP contribution < -0.4 is 10.6 Å². The standard InChI is InChI=1S/C6H12N2O/c1-2-5-3-4-7-6(9)8-5/h5H,2-4H2,1H3,(H2,7,8,9)/t5-/m0/s1. The third-order valence-electron chi connectivity index (χ3n) is 1.61. The van der Waals surface area contributed by atoms with Gasteiger partial charge in [0.25, 0.3) is 0 Å². The molecule has 52 valence electrons. The van der Waals surface area contributed by atoms with Crippen LogP contribution in [0.15, 0.2) is 0 Å². The zero-order valence-electron chi connectivity index (χ0n) is 5.61. The summed E-state index contributed by atoms with van der Waals surface area (Å²) in [4.78, 5) is 10.6. The van der Waals surface area contributed by atoms with Crippen LogP contribution in [-0.2, 0) is 0 Å². The normalized spacial score (nSPS) is 26.8. The Morgan fingerprint density at radius 2 is 2.56 bits per heavy atom. The summed E-state index contributed by atoms with van der Waals surface area (Å²) < 4.78 is 0. The van der Waals surface area contributed by atoms with Gasteiger partial charge in [0.1, 0.15) is 0 Å². The van der Waals surface area contributed by atoms with Gasteiger partial charge < -0.3 is 10.6 Å². The fourth-order valence-corrected chi connectivity index (χ4v) is 0.975. The van der Waals surface area contributed by atoms with Crippen LogP contribution in [0.25, 0.3) is 0 Å². The van der Waals surface area contributed by atoms with Crippen molar-refractivity contribution in [1.29, 1.82) is 0 Å². The molecule has 0 aliphatic carbocycles. The highest BCUT2D eigenvalue weighted by Gasteiger charge is 2.14. The average molecular weight is 128 g/mol. The molecule has 2 N–H and O–H groups in total. The van der Waals surface area contributed by atoms with Crippen molar-refractivity contribution < 1.29 is 4.79 Å². The molecule has 0 spiro atoms. The Labute approximate surface area is 54.8 Å². The van der Waals surface area contributed by atoms with E-state index in [2.05, 4.69) is 17.6 Å². The third-order valence-corrected chi connectivity index (χ3v) is 1.61. The van der Waals surface area contributed by atoms with Crippen LogP contribution >= 0.6 is 0 Å². The Balaban J connectivity index is 2.32. The molecule has 1 aliphatic heterocycles. The number of carbonyl (C=O) groups is 1. The van der Waals surface area contributed by atoms with Crippen molar-refractivity contribution in [3.63, 3.8) is 0 Å². The molecular formula is C6H12N2O. The Morgan fingerprint density at radius 3 is 3.00 bits per heavy atom.